The van der Waals surface area contributed by atoms with E-state index in [0.717, 1.165) is 5.76 Å². The molecule has 2 aromatic rings. The molecule has 0 saturated carbocycles. The molecule has 2 aromatic heterocycles. The molecule has 0 unspecified atom stereocenters. The Kier molecular flexibility index (Phi) is 4.98. The third-order valence-corrected chi connectivity index (χ3v) is 6.69. The van der Waals surface area contributed by atoms with Crippen LogP contribution in [0, 0.1) is 13.8 Å². The molecule has 0 amide bonds. The first kappa shape index (κ1) is 19.1. The van der Waals surface area contributed by atoms with Gasteiger partial charge < -0.3 is 8.94 Å². The summed E-state index contributed by atoms with van der Waals surface area (Å²) in [6, 6.07) is 0. The fourth-order valence-electron chi connectivity index (χ4n) is 3.02. The van der Waals surface area contributed by atoms with Crippen molar-refractivity contribution in [1.29, 1.82) is 0 Å². The van der Waals surface area contributed by atoms with Crippen LogP contribution in [0.3, 0.4) is 0 Å². The lowest BCUT2D eigenvalue weighted by atomic mass is 9.94. The molecule has 26 heavy (non-hydrogen) atoms. The predicted molar refractivity (Wildman–Crippen MR) is 95.2 cm³/mol. The Labute approximate surface area is 154 Å². The summed E-state index contributed by atoms with van der Waals surface area (Å²) in [6.45, 7) is 12.2. The van der Waals surface area contributed by atoms with E-state index >= 15 is 0 Å². The van der Waals surface area contributed by atoms with Crippen LogP contribution < -0.4 is 0 Å². The molecule has 0 aliphatic carbocycles. The highest BCUT2D eigenvalue weighted by Gasteiger charge is 2.33. The lowest BCUT2D eigenvalue weighted by molar-refractivity contribution is 0.166. The van der Waals surface area contributed by atoms with Gasteiger partial charge in [-0.15, -0.1) is 0 Å². The summed E-state index contributed by atoms with van der Waals surface area (Å²) in [4.78, 5) is 6.69. The Hall–Kier alpha value is -1.71. The summed E-state index contributed by atoms with van der Waals surface area (Å²) in [6.07, 6.45) is 1.77. The fourth-order valence-corrected chi connectivity index (χ4v) is 4.73. The van der Waals surface area contributed by atoms with Gasteiger partial charge in [0.25, 0.3) is 0 Å². The maximum absolute atomic E-state index is 12.8. The van der Waals surface area contributed by atoms with Gasteiger partial charge in [0.1, 0.15) is 16.3 Å². The average molecular weight is 382 g/mol. The van der Waals surface area contributed by atoms with Crippen molar-refractivity contribution >= 4 is 10.0 Å². The van der Waals surface area contributed by atoms with E-state index in [0.29, 0.717) is 50.1 Å². The molecule has 0 bridgehead atoms. The third kappa shape index (κ3) is 3.70. The number of aryl methyl sites for hydroxylation is 2. The van der Waals surface area contributed by atoms with E-state index in [9.17, 15) is 8.42 Å². The molecule has 1 aliphatic rings. The van der Waals surface area contributed by atoms with Gasteiger partial charge in [-0.3, -0.25) is 4.90 Å². The van der Waals surface area contributed by atoms with Gasteiger partial charge in [-0.25, -0.2) is 13.4 Å². The van der Waals surface area contributed by atoms with E-state index < -0.39 is 10.0 Å². The van der Waals surface area contributed by atoms with Crippen LogP contribution in [0.15, 0.2) is 20.0 Å². The molecule has 1 fully saturated rings. The van der Waals surface area contributed by atoms with Crippen molar-refractivity contribution in [2.75, 3.05) is 26.2 Å². The van der Waals surface area contributed by atoms with Crippen molar-refractivity contribution in [2.45, 2.75) is 51.5 Å². The minimum absolute atomic E-state index is 0.0770. The molecule has 9 heteroatoms. The second kappa shape index (κ2) is 6.79. The number of piperazine rings is 1. The molecule has 1 saturated heterocycles. The van der Waals surface area contributed by atoms with Gasteiger partial charge in [-0.05, 0) is 13.8 Å². The zero-order valence-electron chi connectivity index (χ0n) is 15.9. The first-order chi connectivity index (χ1) is 12.1. The zero-order chi connectivity index (χ0) is 19.1. The van der Waals surface area contributed by atoms with E-state index in [2.05, 4.69) is 35.8 Å². The number of hydrogen-bond donors (Lipinski definition) is 0. The van der Waals surface area contributed by atoms with Gasteiger partial charge in [0.15, 0.2) is 5.76 Å². The van der Waals surface area contributed by atoms with Crippen molar-refractivity contribution in [3.63, 3.8) is 0 Å². The Bertz CT molecular complexity index is 851. The van der Waals surface area contributed by atoms with Crippen LogP contribution in [0.1, 0.15) is 43.9 Å². The molecule has 0 radical (unpaired) electrons. The van der Waals surface area contributed by atoms with Crippen molar-refractivity contribution < 1.29 is 17.4 Å². The van der Waals surface area contributed by atoms with Crippen LogP contribution >= 0.6 is 0 Å². The van der Waals surface area contributed by atoms with Crippen LogP contribution in [0.5, 0.6) is 0 Å². The van der Waals surface area contributed by atoms with Crippen LogP contribution in [0.4, 0.5) is 0 Å². The highest BCUT2D eigenvalue weighted by molar-refractivity contribution is 7.89. The summed E-state index contributed by atoms with van der Waals surface area (Å²) in [7, 11) is -3.58. The van der Waals surface area contributed by atoms with E-state index in [4.69, 9.17) is 8.94 Å². The van der Waals surface area contributed by atoms with E-state index in [1.165, 1.54) is 4.31 Å². The Balaban J connectivity index is 1.63. The number of aromatic nitrogens is 2. The SMILES string of the molecule is Cc1noc(C)c1S(=O)(=O)N1CCN(Cc2ncc(C(C)(C)C)o2)CC1. The molecule has 1 aliphatic heterocycles. The smallest absolute Gasteiger partial charge is 0.248 e. The molecular formula is C17H26N4O4S. The molecule has 3 heterocycles. The highest BCUT2D eigenvalue weighted by atomic mass is 32.2. The van der Waals surface area contributed by atoms with Crippen LogP contribution in [0.2, 0.25) is 0 Å². The number of oxazole rings is 1. The van der Waals surface area contributed by atoms with Gasteiger partial charge in [-0.1, -0.05) is 25.9 Å². The third-order valence-electron chi connectivity index (χ3n) is 4.55. The summed E-state index contributed by atoms with van der Waals surface area (Å²) < 4.78 is 38.0. The zero-order valence-corrected chi connectivity index (χ0v) is 16.8. The van der Waals surface area contributed by atoms with Crippen LogP contribution in [-0.2, 0) is 22.0 Å². The van der Waals surface area contributed by atoms with Crippen molar-refractivity contribution in [1.82, 2.24) is 19.3 Å². The lowest BCUT2D eigenvalue weighted by Crippen LogP contribution is -2.48. The predicted octanol–water partition coefficient (Wildman–Crippen LogP) is 2.08. The quantitative estimate of drug-likeness (QED) is 0.799. The Morgan fingerprint density at radius 2 is 1.81 bits per heavy atom. The first-order valence-corrected chi connectivity index (χ1v) is 10.1. The molecule has 0 spiro atoms. The van der Waals surface area contributed by atoms with E-state index in [-0.39, 0.29) is 10.3 Å². The normalized spacial score (nSPS) is 17.7. The van der Waals surface area contributed by atoms with Crippen LogP contribution in [0.25, 0.3) is 0 Å². The standard InChI is InChI=1S/C17H26N4O4S/c1-12-16(13(2)25-19-12)26(22,23)21-8-6-20(7-9-21)11-15-18-10-14(24-15)17(3,4)5/h10H,6-9,11H2,1-5H3. The maximum atomic E-state index is 12.8. The number of hydrogen-bond acceptors (Lipinski definition) is 7. The number of nitrogens with zero attached hydrogens (tertiary/aromatic N) is 4. The Morgan fingerprint density at radius 1 is 1.15 bits per heavy atom. The second-order valence-electron chi connectivity index (χ2n) is 7.70. The fraction of sp³-hybridized carbons (Fsp3) is 0.647. The van der Waals surface area contributed by atoms with Gasteiger partial charge in [0, 0.05) is 31.6 Å². The molecule has 8 nitrogen and oxygen atoms in total. The van der Waals surface area contributed by atoms with Crippen molar-refractivity contribution in [3.05, 3.63) is 29.3 Å². The van der Waals surface area contributed by atoms with Gasteiger partial charge in [0.05, 0.1) is 12.7 Å². The maximum Gasteiger partial charge on any atom is 0.248 e. The first-order valence-electron chi connectivity index (χ1n) is 8.69. The molecular weight excluding hydrogens is 356 g/mol. The minimum atomic E-state index is -3.58. The molecule has 0 N–H and O–H groups in total. The summed E-state index contributed by atoms with van der Waals surface area (Å²) in [5, 5.41) is 3.76. The summed E-state index contributed by atoms with van der Waals surface area (Å²) in [5.74, 6) is 1.85. The number of rotatable bonds is 4. The Morgan fingerprint density at radius 3 is 2.31 bits per heavy atom. The highest BCUT2D eigenvalue weighted by Crippen LogP contribution is 2.25. The van der Waals surface area contributed by atoms with Crippen molar-refractivity contribution in [2.24, 2.45) is 0 Å². The van der Waals surface area contributed by atoms with E-state index in [1.54, 1.807) is 20.0 Å². The topological polar surface area (TPSA) is 92.7 Å². The summed E-state index contributed by atoms with van der Waals surface area (Å²) in [5.41, 5.74) is 0.325. The van der Waals surface area contributed by atoms with E-state index in [1.807, 2.05) is 0 Å². The largest absolute Gasteiger partial charge is 0.444 e. The van der Waals surface area contributed by atoms with Gasteiger partial charge in [-0.2, -0.15) is 4.31 Å². The minimum Gasteiger partial charge on any atom is -0.444 e. The number of sulfonamides is 1. The molecule has 3 rings (SSSR count). The molecule has 144 valence electrons. The van der Waals surface area contributed by atoms with Crippen LogP contribution in [-0.4, -0.2) is 53.9 Å². The van der Waals surface area contributed by atoms with Gasteiger partial charge in [0.2, 0.25) is 15.9 Å². The average Bonchev–Trinajstić information content (AvgIpc) is 3.14. The second-order valence-corrected chi connectivity index (χ2v) is 9.58. The molecule has 0 atom stereocenters. The van der Waals surface area contributed by atoms with Crippen molar-refractivity contribution in [3.8, 4) is 0 Å². The summed E-state index contributed by atoms with van der Waals surface area (Å²) >= 11 is 0. The lowest BCUT2D eigenvalue weighted by Gasteiger charge is -2.33. The van der Waals surface area contributed by atoms with Gasteiger partial charge >= 0.3 is 0 Å². The molecule has 0 aromatic carbocycles. The monoisotopic (exact) mass is 382 g/mol.